The van der Waals surface area contributed by atoms with Crippen LogP contribution in [0.5, 0.6) is 0 Å². The Morgan fingerprint density at radius 3 is 2.47 bits per heavy atom. The molecule has 0 aromatic heterocycles. The predicted molar refractivity (Wildman–Crippen MR) is 67.3 cm³/mol. The average Bonchev–Trinajstić information content (AvgIpc) is 2.25. The van der Waals surface area contributed by atoms with Crippen LogP contribution in [-0.4, -0.2) is 37.9 Å². The van der Waals surface area contributed by atoms with Crippen molar-refractivity contribution in [3.05, 3.63) is 0 Å². The summed E-state index contributed by atoms with van der Waals surface area (Å²) in [5.41, 5.74) is 4.92. The maximum absolute atomic E-state index is 11.7. The fraction of sp³-hybridized carbons (Fsp3) is 0.909. The maximum Gasteiger partial charge on any atom is 0.232 e. The molecule has 0 radical (unpaired) electrons. The van der Waals surface area contributed by atoms with Crippen molar-refractivity contribution in [3.8, 4) is 0 Å². The minimum Gasteiger partial charge on any atom is -0.369 e. The topological polar surface area (TPSA) is 89.3 Å². The van der Waals surface area contributed by atoms with Gasteiger partial charge in [-0.3, -0.25) is 4.79 Å². The molecule has 0 aliphatic heterocycles. The summed E-state index contributed by atoms with van der Waals surface area (Å²) in [6.07, 6.45) is 5.92. The molecule has 1 saturated carbocycles. The Hall–Kier alpha value is -0.620. The largest absolute Gasteiger partial charge is 0.369 e. The Kier molecular flexibility index (Phi) is 5.39. The minimum atomic E-state index is -3.40. The smallest absolute Gasteiger partial charge is 0.232 e. The molecule has 1 amide bonds. The molecule has 0 aromatic carbocycles. The monoisotopic (exact) mass is 262 g/mol. The van der Waals surface area contributed by atoms with Gasteiger partial charge in [-0.2, -0.15) is 0 Å². The van der Waals surface area contributed by atoms with Gasteiger partial charge in [-0.05, 0) is 19.8 Å². The molecule has 0 bridgehead atoms. The van der Waals surface area contributed by atoms with Crippen LogP contribution in [0.25, 0.3) is 0 Å². The number of hydrogen-bond donors (Lipinski definition) is 2. The van der Waals surface area contributed by atoms with Crippen molar-refractivity contribution in [2.45, 2.75) is 50.3 Å². The Labute approximate surface area is 103 Å². The van der Waals surface area contributed by atoms with E-state index >= 15 is 0 Å². The molecule has 1 aliphatic rings. The van der Waals surface area contributed by atoms with Gasteiger partial charge in [-0.25, -0.2) is 8.42 Å². The summed E-state index contributed by atoms with van der Waals surface area (Å²) < 4.78 is 23.3. The van der Waals surface area contributed by atoms with E-state index < -0.39 is 26.7 Å². The van der Waals surface area contributed by atoms with E-state index in [2.05, 4.69) is 5.32 Å². The van der Waals surface area contributed by atoms with Crippen LogP contribution in [-0.2, 0) is 14.6 Å². The van der Waals surface area contributed by atoms with Gasteiger partial charge >= 0.3 is 0 Å². The lowest BCUT2D eigenvalue weighted by molar-refractivity contribution is -0.115. The van der Waals surface area contributed by atoms with E-state index in [1.54, 1.807) is 6.92 Å². The fourth-order valence-corrected chi connectivity index (χ4v) is 3.14. The summed E-state index contributed by atoms with van der Waals surface area (Å²) in [6, 6.07) is 0.426. The number of nitrogens with two attached hydrogens (primary N) is 1. The lowest BCUT2D eigenvalue weighted by Crippen LogP contribution is -2.40. The zero-order valence-corrected chi connectivity index (χ0v) is 11.1. The van der Waals surface area contributed by atoms with Gasteiger partial charge in [0.2, 0.25) is 5.91 Å². The van der Waals surface area contributed by atoms with E-state index in [0.29, 0.717) is 12.6 Å². The molecular weight excluding hydrogens is 240 g/mol. The van der Waals surface area contributed by atoms with E-state index in [0.717, 1.165) is 12.8 Å². The minimum absolute atomic E-state index is 0.403. The summed E-state index contributed by atoms with van der Waals surface area (Å²) in [5.74, 6) is -1.34. The standard InChI is InChI=1S/C11H22N2O3S/c1-9(17(15,16)8-11(12)14)7-13-10-5-3-2-4-6-10/h9-10,13H,2-8H2,1H3,(H2,12,14). The summed E-state index contributed by atoms with van der Waals surface area (Å²) >= 11 is 0. The first-order chi connectivity index (χ1) is 7.92. The van der Waals surface area contributed by atoms with Crippen molar-refractivity contribution < 1.29 is 13.2 Å². The van der Waals surface area contributed by atoms with Gasteiger partial charge in [-0.15, -0.1) is 0 Å². The third-order valence-electron chi connectivity index (χ3n) is 3.26. The molecule has 0 spiro atoms. The molecule has 3 N–H and O–H groups in total. The maximum atomic E-state index is 11.7. The molecule has 100 valence electrons. The third-order valence-corrected chi connectivity index (χ3v) is 5.34. The van der Waals surface area contributed by atoms with E-state index in [-0.39, 0.29) is 0 Å². The SMILES string of the molecule is CC(CNC1CCCCC1)S(=O)(=O)CC(N)=O. The lowest BCUT2D eigenvalue weighted by atomic mass is 9.95. The summed E-state index contributed by atoms with van der Waals surface area (Å²) in [5, 5.41) is 2.71. The van der Waals surface area contributed by atoms with E-state index in [1.165, 1.54) is 19.3 Å². The highest BCUT2D eigenvalue weighted by Gasteiger charge is 2.24. The number of primary amides is 1. The van der Waals surface area contributed by atoms with Crippen molar-refractivity contribution in [1.29, 1.82) is 0 Å². The highest BCUT2D eigenvalue weighted by atomic mass is 32.2. The van der Waals surface area contributed by atoms with Gasteiger partial charge in [0.15, 0.2) is 9.84 Å². The van der Waals surface area contributed by atoms with Gasteiger partial charge in [0.25, 0.3) is 0 Å². The quantitative estimate of drug-likeness (QED) is 0.715. The second-order valence-corrected chi connectivity index (χ2v) is 7.25. The van der Waals surface area contributed by atoms with Crippen molar-refractivity contribution >= 4 is 15.7 Å². The average molecular weight is 262 g/mol. The molecule has 1 atom stereocenters. The first-order valence-corrected chi connectivity index (χ1v) is 7.86. The van der Waals surface area contributed by atoms with Crippen LogP contribution in [0.3, 0.4) is 0 Å². The number of sulfone groups is 1. The Morgan fingerprint density at radius 2 is 1.94 bits per heavy atom. The molecule has 17 heavy (non-hydrogen) atoms. The van der Waals surface area contributed by atoms with Crippen molar-refractivity contribution in [3.63, 3.8) is 0 Å². The molecule has 6 heteroatoms. The van der Waals surface area contributed by atoms with Crippen molar-refractivity contribution in [2.75, 3.05) is 12.3 Å². The predicted octanol–water partition coefficient (Wildman–Crippen LogP) is 0.197. The Bertz CT molecular complexity index is 348. The summed E-state index contributed by atoms with van der Waals surface area (Å²) in [4.78, 5) is 10.6. The van der Waals surface area contributed by atoms with Crippen LogP contribution in [0.2, 0.25) is 0 Å². The Morgan fingerprint density at radius 1 is 1.35 bits per heavy atom. The van der Waals surface area contributed by atoms with Crippen molar-refractivity contribution in [2.24, 2.45) is 5.73 Å². The molecule has 1 rings (SSSR count). The molecule has 0 saturated heterocycles. The van der Waals surface area contributed by atoms with Crippen LogP contribution in [0.15, 0.2) is 0 Å². The van der Waals surface area contributed by atoms with Gasteiger partial charge in [0, 0.05) is 12.6 Å². The number of carbonyl (C=O) groups excluding carboxylic acids is 1. The second-order valence-electron chi connectivity index (χ2n) is 4.83. The highest BCUT2D eigenvalue weighted by molar-refractivity contribution is 7.92. The van der Waals surface area contributed by atoms with Gasteiger partial charge in [-0.1, -0.05) is 19.3 Å². The number of amides is 1. The molecule has 1 unspecified atom stereocenters. The normalized spacial score (nSPS) is 20.1. The summed E-state index contributed by atoms with van der Waals surface area (Å²) in [6.45, 7) is 2.02. The first-order valence-electron chi connectivity index (χ1n) is 6.15. The number of hydrogen-bond acceptors (Lipinski definition) is 4. The molecule has 0 aromatic rings. The summed E-state index contributed by atoms with van der Waals surface area (Å²) in [7, 11) is -3.40. The van der Waals surface area contributed by atoms with E-state index in [1.807, 2.05) is 0 Å². The first kappa shape index (κ1) is 14.4. The zero-order valence-electron chi connectivity index (χ0n) is 10.3. The second kappa shape index (κ2) is 6.35. The van der Waals surface area contributed by atoms with Crippen LogP contribution in [0.1, 0.15) is 39.0 Å². The zero-order chi connectivity index (χ0) is 12.9. The number of carbonyl (C=O) groups is 1. The van der Waals surface area contributed by atoms with Crippen LogP contribution in [0.4, 0.5) is 0 Å². The number of rotatable bonds is 6. The van der Waals surface area contributed by atoms with Gasteiger partial charge in [0.1, 0.15) is 5.75 Å². The van der Waals surface area contributed by atoms with Gasteiger partial charge in [0.05, 0.1) is 5.25 Å². The molecule has 1 fully saturated rings. The number of nitrogens with one attached hydrogen (secondary N) is 1. The fourth-order valence-electron chi connectivity index (χ4n) is 2.11. The molecule has 5 nitrogen and oxygen atoms in total. The molecular formula is C11H22N2O3S. The van der Waals surface area contributed by atoms with Crippen LogP contribution in [0, 0.1) is 0 Å². The molecule has 0 heterocycles. The third kappa shape index (κ3) is 5.04. The van der Waals surface area contributed by atoms with Crippen LogP contribution < -0.4 is 11.1 Å². The van der Waals surface area contributed by atoms with Gasteiger partial charge < -0.3 is 11.1 Å². The van der Waals surface area contributed by atoms with Crippen LogP contribution >= 0.6 is 0 Å². The highest BCUT2D eigenvalue weighted by Crippen LogP contribution is 2.17. The lowest BCUT2D eigenvalue weighted by Gasteiger charge is -2.24. The van der Waals surface area contributed by atoms with E-state index in [9.17, 15) is 13.2 Å². The molecule has 1 aliphatic carbocycles. The van der Waals surface area contributed by atoms with Crippen molar-refractivity contribution in [1.82, 2.24) is 5.32 Å². The Balaban J connectivity index is 2.37. The van der Waals surface area contributed by atoms with E-state index in [4.69, 9.17) is 5.73 Å².